The van der Waals surface area contributed by atoms with Gasteiger partial charge in [0.2, 0.25) is 0 Å². The quantitative estimate of drug-likeness (QED) is 0.796. The Hall–Kier alpha value is -2.31. The number of morpholine rings is 1. The highest BCUT2D eigenvalue weighted by Gasteiger charge is 2.17. The minimum Gasteiger partial charge on any atom is -0.492 e. The molecule has 1 saturated heterocycles. The number of pyridine rings is 1. The van der Waals surface area contributed by atoms with Crippen LogP contribution in [0.5, 0.6) is 5.75 Å². The van der Waals surface area contributed by atoms with Crippen LogP contribution >= 0.6 is 11.6 Å². The summed E-state index contributed by atoms with van der Waals surface area (Å²) in [6.45, 7) is 3.89. The zero-order valence-electron chi connectivity index (χ0n) is 13.8. The SMILES string of the molecule is O=C(NCCOc1ccc(Cl)cc1)c1cc(N2CCOCC2)cc[nH+]1. The number of hydrogen-bond donors (Lipinski definition) is 1. The van der Waals surface area contributed by atoms with Gasteiger partial charge < -0.3 is 19.7 Å². The summed E-state index contributed by atoms with van der Waals surface area (Å²) in [4.78, 5) is 17.5. The maximum absolute atomic E-state index is 12.3. The van der Waals surface area contributed by atoms with Crippen molar-refractivity contribution in [2.45, 2.75) is 0 Å². The van der Waals surface area contributed by atoms with Gasteiger partial charge >= 0.3 is 5.91 Å². The second kappa shape index (κ2) is 8.69. The molecule has 2 aromatic rings. The van der Waals surface area contributed by atoms with Crippen molar-refractivity contribution in [3.63, 3.8) is 0 Å². The van der Waals surface area contributed by atoms with Crippen LogP contribution in [0.1, 0.15) is 10.5 Å². The summed E-state index contributed by atoms with van der Waals surface area (Å²) in [7, 11) is 0. The maximum Gasteiger partial charge on any atom is 0.316 e. The van der Waals surface area contributed by atoms with Crippen molar-refractivity contribution >= 4 is 23.2 Å². The van der Waals surface area contributed by atoms with E-state index in [0.717, 1.165) is 24.5 Å². The zero-order chi connectivity index (χ0) is 17.5. The van der Waals surface area contributed by atoms with Gasteiger partial charge in [0, 0.05) is 35.9 Å². The first-order valence-corrected chi connectivity index (χ1v) is 8.61. The van der Waals surface area contributed by atoms with E-state index < -0.39 is 0 Å². The van der Waals surface area contributed by atoms with E-state index in [2.05, 4.69) is 15.2 Å². The van der Waals surface area contributed by atoms with E-state index >= 15 is 0 Å². The van der Waals surface area contributed by atoms with Gasteiger partial charge in [0.15, 0.2) is 6.20 Å². The summed E-state index contributed by atoms with van der Waals surface area (Å²) < 4.78 is 10.9. The predicted molar refractivity (Wildman–Crippen MR) is 95.3 cm³/mol. The molecule has 0 unspecified atom stereocenters. The second-order valence-electron chi connectivity index (χ2n) is 5.62. The Labute approximate surface area is 151 Å². The summed E-state index contributed by atoms with van der Waals surface area (Å²) in [5.74, 6) is 0.564. The number of nitrogens with one attached hydrogen (secondary N) is 2. The highest BCUT2D eigenvalue weighted by Crippen LogP contribution is 2.16. The fourth-order valence-electron chi connectivity index (χ4n) is 2.56. The number of hydrogen-bond acceptors (Lipinski definition) is 4. The first kappa shape index (κ1) is 17.5. The molecule has 1 amide bonds. The molecule has 1 aliphatic rings. The van der Waals surface area contributed by atoms with E-state index in [1.807, 2.05) is 12.1 Å². The number of nitrogens with zero attached hydrogens (tertiary/aromatic N) is 1. The first-order chi connectivity index (χ1) is 12.2. The van der Waals surface area contributed by atoms with Gasteiger partial charge in [-0.15, -0.1) is 0 Å². The number of carbonyl (C=O) groups is 1. The zero-order valence-corrected chi connectivity index (χ0v) is 14.6. The Morgan fingerprint density at radius 1 is 1.24 bits per heavy atom. The van der Waals surface area contributed by atoms with E-state index in [9.17, 15) is 4.79 Å². The fraction of sp³-hybridized carbons (Fsp3) is 0.333. The minimum atomic E-state index is -0.158. The van der Waals surface area contributed by atoms with E-state index in [1.54, 1.807) is 30.5 Å². The Morgan fingerprint density at radius 3 is 2.76 bits per heavy atom. The molecule has 1 aliphatic heterocycles. The lowest BCUT2D eigenvalue weighted by atomic mass is 10.2. The molecular weight excluding hydrogens is 342 g/mol. The van der Waals surface area contributed by atoms with Crippen LogP contribution in [0.2, 0.25) is 5.02 Å². The summed E-state index contributed by atoms with van der Waals surface area (Å²) in [6.07, 6.45) is 1.78. The topological polar surface area (TPSA) is 64.9 Å². The Bertz CT molecular complexity index is 703. The Kier molecular flexibility index (Phi) is 6.09. The van der Waals surface area contributed by atoms with Crippen LogP contribution in [-0.4, -0.2) is 45.4 Å². The van der Waals surface area contributed by atoms with Crippen molar-refractivity contribution in [1.29, 1.82) is 0 Å². The van der Waals surface area contributed by atoms with Crippen molar-refractivity contribution in [3.8, 4) is 5.75 Å². The predicted octanol–water partition coefficient (Wildman–Crippen LogP) is 1.80. The maximum atomic E-state index is 12.3. The van der Waals surface area contributed by atoms with Crippen LogP contribution < -0.4 is 19.9 Å². The van der Waals surface area contributed by atoms with Crippen molar-refractivity contribution < 1.29 is 19.3 Å². The highest BCUT2D eigenvalue weighted by atomic mass is 35.5. The third-order valence-corrected chi connectivity index (χ3v) is 4.13. The number of carbonyl (C=O) groups excluding carboxylic acids is 1. The van der Waals surface area contributed by atoms with Gasteiger partial charge in [0.25, 0.3) is 5.69 Å². The largest absolute Gasteiger partial charge is 0.492 e. The number of benzene rings is 1. The molecule has 2 heterocycles. The van der Waals surface area contributed by atoms with Gasteiger partial charge in [-0.1, -0.05) is 11.6 Å². The summed E-state index contributed by atoms with van der Waals surface area (Å²) >= 11 is 5.82. The van der Waals surface area contributed by atoms with Gasteiger partial charge in [-0.2, -0.15) is 0 Å². The molecule has 0 atom stereocenters. The number of aromatic amines is 1. The molecule has 2 N–H and O–H groups in total. The van der Waals surface area contributed by atoms with Crippen LogP contribution in [0.4, 0.5) is 5.69 Å². The van der Waals surface area contributed by atoms with Crippen molar-refractivity contribution in [1.82, 2.24) is 5.32 Å². The number of halogens is 1. The molecule has 3 rings (SSSR count). The smallest absolute Gasteiger partial charge is 0.316 e. The third-order valence-electron chi connectivity index (χ3n) is 3.88. The second-order valence-corrected chi connectivity index (χ2v) is 6.05. The summed E-state index contributed by atoms with van der Waals surface area (Å²) in [6, 6.07) is 10.9. The molecule has 6 nitrogen and oxygen atoms in total. The molecule has 0 bridgehead atoms. The average molecular weight is 363 g/mol. The monoisotopic (exact) mass is 362 g/mol. The van der Waals surface area contributed by atoms with Crippen molar-refractivity contribution in [3.05, 3.63) is 53.3 Å². The molecule has 0 spiro atoms. The van der Waals surface area contributed by atoms with E-state index in [4.69, 9.17) is 21.1 Å². The Balaban J connectivity index is 1.48. The number of rotatable bonds is 6. The number of H-pyrrole nitrogens is 1. The van der Waals surface area contributed by atoms with Gasteiger partial charge in [0.1, 0.15) is 12.4 Å². The summed E-state index contributed by atoms with van der Waals surface area (Å²) in [5.41, 5.74) is 1.54. The third kappa shape index (κ3) is 5.08. The first-order valence-electron chi connectivity index (χ1n) is 8.23. The van der Waals surface area contributed by atoms with Gasteiger partial charge in [-0.05, 0) is 24.3 Å². The number of anilines is 1. The molecule has 132 valence electrons. The van der Waals surface area contributed by atoms with E-state index in [-0.39, 0.29) is 5.91 Å². The Morgan fingerprint density at radius 2 is 2.00 bits per heavy atom. The van der Waals surface area contributed by atoms with E-state index in [0.29, 0.717) is 37.1 Å². The molecule has 25 heavy (non-hydrogen) atoms. The van der Waals surface area contributed by atoms with Crippen LogP contribution in [0.3, 0.4) is 0 Å². The molecule has 0 radical (unpaired) electrons. The summed E-state index contributed by atoms with van der Waals surface area (Å²) in [5, 5.41) is 3.51. The molecular formula is C18H21ClN3O3+. The van der Waals surface area contributed by atoms with Crippen molar-refractivity contribution in [2.24, 2.45) is 0 Å². The number of aromatic nitrogens is 1. The number of amides is 1. The lowest BCUT2D eigenvalue weighted by molar-refractivity contribution is -0.382. The van der Waals surface area contributed by atoms with Crippen LogP contribution in [0.25, 0.3) is 0 Å². The highest BCUT2D eigenvalue weighted by molar-refractivity contribution is 6.30. The van der Waals surface area contributed by atoms with Crippen LogP contribution in [-0.2, 0) is 4.74 Å². The molecule has 1 aromatic heterocycles. The normalized spacial score (nSPS) is 14.2. The van der Waals surface area contributed by atoms with Gasteiger partial charge in [-0.3, -0.25) is 4.79 Å². The minimum absolute atomic E-state index is 0.158. The van der Waals surface area contributed by atoms with Crippen LogP contribution in [0.15, 0.2) is 42.6 Å². The molecule has 0 saturated carbocycles. The lowest BCUT2D eigenvalue weighted by Crippen LogP contribution is -2.37. The molecule has 7 heteroatoms. The van der Waals surface area contributed by atoms with E-state index in [1.165, 1.54) is 0 Å². The average Bonchev–Trinajstić information content (AvgIpc) is 2.67. The van der Waals surface area contributed by atoms with Gasteiger partial charge in [-0.25, -0.2) is 4.98 Å². The number of ether oxygens (including phenoxy) is 2. The van der Waals surface area contributed by atoms with Crippen molar-refractivity contribution in [2.75, 3.05) is 44.4 Å². The van der Waals surface area contributed by atoms with Crippen LogP contribution in [0, 0.1) is 0 Å². The fourth-order valence-corrected chi connectivity index (χ4v) is 2.69. The molecule has 1 fully saturated rings. The molecule has 1 aromatic carbocycles. The van der Waals surface area contributed by atoms with Gasteiger partial charge in [0.05, 0.1) is 19.8 Å². The molecule has 0 aliphatic carbocycles. The lowest BCUT2D eigenvalue weighted by Gasteiger charge is -2.28. The standard InChI is InChI=1S/C18H20ClN3O3/c19-14-1-3-16(4-2-14)25-10-7-21-18(23)17-13-15(5-6-20-17)22-8-11-24-12-9-22/h1-6,13H,7-12H2,(H,21,23)/p+1.